The standard InChI is InChI=1S/C19H19FN4OS/c20-15-10-21-19(22-11-15)25-17-6-8-24(9-7-17)12-16-13-26-18(23-16)14-4-2-1-3-5-14/h1-5,10-11,13,17H,6-9,12H2. The van der Waals surface area contributed by atoms with Crippen LogP contribution in [0.4, 0.5) is 4.39 Å². The van der Waals surface area contributed by atoms with Crippen molar-refractivity contribution in [3.05, 3.63) is 59.6 Å². The maximum Gasteiger partial charge on any atom is 0.316 e. The Morgan fingerprint density at radius 1 is 1.12 bits per heavy atom. The van der Waals surface area contributed by atoms with E-state index in [0.29, 0.717) is 0 Å². The van der Waals surface area contributed by atoms with Gasteiger partial charge in [-0.1, -0.05) is 30.3 Å². The van der Waals surface area contributed by atoms with Crippen molar-refractivity contribution in [1.29, 1.82) is 0 Å². The molecule has 0 atom stereocenters. The van der Waals surface area contributed by atoms with Gasteiger partial charge in [0.15, 0.2) is 5.82 Å². The van der Waals surface area contributed by atoms with Crippen molar-refractivity contribution in [1.82, 2.24) is 19.9 Å². The van der Waals surface area contributed by atoms with Gasteiger partial charge in [0.1, 0.15) is 11.1 Å². The quantitative estimate of drug-likeness (QED) is 0.684. The minimum atomic E-state index is -0.453. The number of benzene rings is 1. The molecule has 0 saturated carbocycles. The van der Waals surface area contributed by atoms with Crippen molar-refractivity contribution in [2.45, 2.75) is 25.5 Å². The van der Waals surface area contributed by atoms with Crippen LogP contribution in [0.15, 0.2) is 48.1 Å². The minimum absolute atomic E-state index is 0.0759. The predicted octanol–water partition coefficient (Wildman–Crippen LogP) is 3.78. The number of hydrogen-bond donors (Lipinski definition) is 0. The first kappa shape index (κ1) is 17.1. The van der Waals surface area contributed by atoms with Crippen molar-refractivity contribution in [2.24, 2.45) is 0 Å². The highest BCUT2D eigenvalue weighted by molar-refractivity contribution is 7.13. The second kappa shape index (κ2) is 7.88. The smallest absolute Gasteiger partial charge is 0.316 e. The van der Waals surface area contributed by atoms with E-state index < -0.39 is 5.82 Å². The molecular formula is C19H19FN4OS. The third kappa shape index (κ3) is 4.23. The van der Waals surface area contributed by atoms with Gasteiger partial charge in [-0.3, -0.25) is 4.90 Å². The molecule has 7 heteroatoms. The lowest BCUT2D eigenvalue weighted by molar-refractivity contribution is 0.0885. The third-order valence-electron chi connectivity index (χ3n) is 4.36. The Morgan fingerprint density at radius 3 is 2.58 bits per heavy atom. The van der Waals surface area contributed by atoms with Gasteiger partial charge >= 0.3 is 6.01 Å². The number of aromatic nitrogens is 3. The van der Waals surface area contributed by atoms with E-state index in [2.05, 4.69) is 32.4 Å². The van der Waals surface area contributed by atoms with Gasteiger partial charge in [0.05, 0.1) is 18.1 Å². The molecule has 1 aliphatic heterocycles. The fourth-order valence-corrected chi connectivity index (χ4v) is 3.83. The maximum absolute atomic E-state index is 12.8. The number of ether oxygens (including phenoxy) is 1. The summed E-state index contributed by atoms with van der Waals surface area (Å²) in [7, 11) is 0. The number of thiazole rings is 1. The Bertz CT molecular complexity index is 832. The number of likely N-dealkylation sites (tertiary alicyclic amines) is 1. The normalized spacial score (nSPS) is 15.9. The molecule has 0 aliphatic carbocycles. The highest BCUT2D eigenvalue weighted by atomic mass is 32.1. The van der Waals surface area contributed by atoms with Gasteiger partial charge in [0.25, 0.3) is 0 Å². The maximum atomic E-state index is 12.8. The van der Waals surface area contributed by atoms with Crippen molar-refractivity contribution in [2.75, 3.05) is 13.1 Å². The van der Waals surface area contributed by atoms with E-state index in [9.17, 15) is 4.39 Å². The molecule has 0 spiro atoms. The number of halogens is 1. The second-order valence-corrected chi connectivity index (χ2v) is 7.15. The molecule has 26 heavy (non-hydrogen) atoms. The monoisotopic (exact) mass is 370 g/mol. The molecule has 134 valence electrons. The van der Waals surface area contributed by atoms with Crippen LogP contribution in [-0.4, -0.2) is 39.0 Å². The SMILES string of the molecule is Fc1cnc(OC2CCN(Cc3csc(-c4ccccc4)n3)CC2)nc1. The van der Waals surface area contributed by atoms with Crippen LogP contribution >= 0.6 is 11.3 Å². The first-order valence-corrected chi connectivity index (χ1v) is 9.50. The summed E-state index contributed by atoms with van der Waals surface area (Å²) in [5.74, 6) is -0.453. The molecule has 0 amide bonds. The third-order valence-corrected chi connectivity index (χ3v) is 5.30. The zero-order chi connectivity index (χ0) is 17.8. The van der Waals surface area contributed by atoms with E-state index in [1.807, 2.05) is 18.2 Å². The van der Waals surface area contributed by atoms with E-state index in [0.717, 1.165) is 61.1 Å². The van der Waals surface area contributed by atoms with Crippen LogP contribution in [0.5, 0.6) is 6.01 Å². The summed E-state index contributed by atoms with van der Waals surface area (Å²) in [5.41, 5.74) is 2.27. The first-order chi connectivity index (χ1) is 12.8. The number of piperidine rings is 1. The Labute approximate surface area is 155 Å². The lowest BCUT2D eigenvalue weighted by Gasteiger charge is -2.31. The molecule has 3 heterocycles. The van der Waals surface area contributed by atoms with Crippen LogP contribution in [0.1, 0.15) is 18.5 Å². The van der Waals surface area contributed by atoms with E-state index in [4.69, 9.17) is 9.72 Å². The fourth-order valence-electron chi connectivity index (χ4n) is 3.02. The molecule has 5 nitrogen and oxygen atoms in total. The summed E-state index contributed by atoms with van der Waals surface area (Å²) in [6.45, 7) is 2.72. The highest BCUT2D eigenvalue weighted by Gasteiger charge is 2.22. The van der Waals surface area contributed by atoms with Gasteiger partial charge < -0.3 is 4.74 Å². The van der Waals surface area contributed by atoms with Crippen LogP contribution < -0.4 is 4.74 Å². The van der Waals surface area contributed by atoms with Gasteiger partial charge in [-0.15, -0.1) is 11.3 Å². The Morgan fingerprint density at radius 2 is 1.85 bits per heavy atom. The summed E-state index contributed by atoms with van der Waals surface area (Å²) < 4.78 is 18.6. The van der Waals surface area contributed by atoms with Crippen molar-refractivity contribution < 1.29 is 9.13 Å². The van der Waals surface area contributed by atoms with Crippen LogP contribution in [-0.2, 0) is 6.54 Å². The molecule has 3 aromatic rings. The van der Waals surface area contributed by atoms with Gasteiger partial charge in [-0.05, 0) is 12.8 Å². The largest absolute Gasteiger partial charge is 0.460 e. The molecule has 1 aromatic carbocycles. The Hall–Kier alpha value is -2.38. The molecular weight excluding hydrogens is 351 g/mol. The molecule has 4 rings (SSSR count). The summed E-state index contributed by atoms with van der Waals surface area (Å²) in [5, 5.41) is 3.20. The lowest BCUT2D eigenvalue weighted by atomic mass is 10.1. The van der Waals surface area contributed by atoms with Crippen LogP contribution in [0.25, 0.3) is 10.6 Å². The second-order valence-electron chi connectivity index (χ2n) is 6.29. The van der Waals surface area contributed by atoms with Crippen molar-refractivity contribution in [3.8, 4) is 16.6 Å². The predicted molar refractivity (Wildman–Crippen MR) is 98.5 cm³/mol. The molecule has 1 aliphatic rings. The van der Waals surface area contributed by atoms with Crippen LogP contribution in [0.2, 0.25) is 0 Å². The van der Waals surface area contributed by atoms with E-state index in [-0.39, 0.29) is 12.1 Å². The van der Waals surface area contributed by atoms with Crippen LogP contribution in [0, 0.1) is 5.82 Å². The molecule has 1 saturated heterocycles. The lowest BCUT2D eigenvalue weighted by Crippen LogP contribution is -2.38. The molecule has 0 radical (unpaired) electrons. The summed E-state index contributed by atoms with van der Waals surface area (Å²) in [6.07, 6.45) is 4.13. The highest BCUT2D eigenvalue weighted by Crippen LogP contribution is 2.25. The van der Waals surface area contributed by atoms with E-state index in [1.54, 1.807) is 11.3 Å². The average Bonchev–Trinajstić information content (AvgIpc) is 3.14. The summed E-state index contributed by atoms with van der Waals surface area (Å²) >= 11 is 1.69. The zero-order valence-electron chi connectivity index (χ0n) is 14.2. The van der Waals surface area contributed by atoms with Gasteiger partial charge in [-0.25, -0.2) is 19.3 Å². The zero-order valence-corrected chi connectivity index (χ0v) is 15.0. The summed E-state index contributed by atoms with van der Waals surface area (Å²) in [6, 6.07) is 10.5. The number of nitrogens with zero attached hydrogens (tertiary/aromatic N) is 4. The topological polar surface area (TPSA) is 51.1 Å². The van der Waals surface area contributed by atoms with Gasteiger partial charge in [0, 0.05) is 30.6 Å². The van der Waals surface area contributed by atoms with E-state index in [1.165, 1.54) is 0 Å². The van der Waals surface area contributed by atoms with Crippen molar-refractivity contribution in [3.63, 3.8) is 0 Å². The molecule has 0 bridgehead atoms. The average molecular weight is 370 g/mol. The van der Waals surface area contributed by atoms with Gasteiger partial charge in [0.2, 0.25) is 0 Å². The fraction of sp³-hybridized carbons (Fsp3) is 0.316. The first-order valence-electron chi connectivity index (χ1n) is 8.62. The van der Waals surface area contributed by atoms with Gasteiger partial charge in [-0.2, -0.15) is 0 Å². The number of rotatable bonds is 5. The minimum Gasteiger partial charge on any atom is -0.460 e. The number of hydrogen-bond acceptors (Lipinski definition) is 6. The Kier molecular flexibility index (Phi) is 5.17. The van der Waals surface area contributed by atoms with Crippen molar-refractivity contribution >= 4 is 11.3 Å². The summed E-state index contributed by atoms with van der Waals surface area (Å²) in [4.78, 5) is 14.9. The Balaban J connectivity index is 1.29. The van der Waals surface area contributed by atoms with E-state index >= 15 is 0 Å². The molecule has 2 aromatic heterocycles. The molecule has 1 fully saturated rings. The van der Waals surface area contributed by atoms with Crippen LogP contribution in [0.3, 0.4) is 0 Å². The molecule has 0 unspecified atom stereocenters. The molecule has 0 N–H and O–H groups in total.